The van der Waals surface area contributed by atoms with Crippen LogP contribution in [0.2, 0.25) is 0 Å². The van der Waals surface area contributed by atoms with E-state index in [1.807, 2.05) is 0 Å². The van der Waals surface area contributed by atoms with Crippen molar-refractivity contribution in [2.24, 2.45) is 0 Å². The van der Waals surface area contributed by atoms with Gasteiger partial charge in [0.25, 0.3) is 0 Å². The van der Waals surface area contributed by atoms with Crippen LogP contribution in [0.15, 0.2) is 0 Å². The van der Waals surface area contributed by atoms with Crippen molar-refractivity contribution in [3.8, 4) is 0 Å². The van der Waals surface area contributed by atoms with Crippen LogP contribution in [0.5, 0.6) is 0 Å². The van der Waals surface area contributed by atoms with Gasteiger partial charge in [-0.05, 0) is 0 Å². The molecular weight excluding hydrogens is 290 g/mol. The van der Waals surface area contributed by atoms with Gasteiger partial charge in [0.15, 0.2) is 0 Å². The van der Waals surface area contributed by atoms with Gasteiger partial charge in [-0.2, -0.15) is 0 Å². The molecule has 0 nitrogen and oxygen atoms in total. The zero-order valence-corrected chi connectivity index (χ0v) is 7.65. The number of hydrogen-bond donors (Lipinski definition) is 0. The summed E-state index contributed by atoms with van der Waals surface area (Å²) in [5.41, 5.74) is 0. The Balaban J connectivity index is 2.54. The third-order valence-corrected chi connectivity index (χ3v) is 7.42. The summed E-state index contributed by atoms with van der Waals surface area (Å²) in [5, 5.41) is 0. The molecule has 0 fully saturated rings. The summed E-state index contributed by atoms with van der Waals surface area (Å²) in [6, 6.07) is 0. The van der Waals surface area contributed by atoms with E-state index in [0.29, 0.717) is 17.2 Å². The molecule has 0 unspecified atom stereocenters. The van der Waals surface area contributed by atoms with Gasteiger partial charge in [-0.3, -0.25) is 0 Å². The Labute approximate surface area is 53.2 Å². The van der Waals surface area contributed by atoms with E-state index in [9.17, 15) is 0 Å². The van der Waals surface area contributed by atoms with Gasteiger partial charge in [0.1, 0.15) is 0 Å². The number of alkyl halides is 1. The van der Waals surface area contributed by atoms with E-state index in [1.165, 1.54) is 0 Å². The van der Waals surface area contributed by atoms with E-state index in [1.54, 1.807) is 0 Å². The summed E-state index contributed by atoms with van der Waals surface area (Å²) in [4.78, 5) is 0. The van der Waals surface area contributed by atoms with Crippen LogP contribution in [-0.4, -0.2) is 3.92 Å². The molecule has 0 aromatic carbocycles. The molecule has 0 aromatic heterocycles. The first kappa shape index (κ1) is 6.46. The molecular formula is C3H7I2-. The van der Waals surface area contributed by atoms with Crippen molar-refractivity contribution in [1.82, 2.24) is 0 Å². The molecule has 0 N–H and O–H groups in total. The van der Waals surface area contributed by atoms with Crippen molar-refractivity contribution in [1.29, 1.82) is 0 Å². The molecule has 0 bridgehead atoms. The zero-order chi connectivity index (χ0) is 4.28. The van der Waals surface area contributed by atoms with Gasteiger partial charge in [-0.15, -0.1) is 0 Å². The van der Waals surface area contributed by atoms with Crippen molar-refractivity contribution < 1.29 is 17.2 Å². The average molecular weight is 297 g/mol. The van der Waals surface area contributed by atoms with Gasteiger partial charge in [-0.1, -0.05) is 0 Å². The molecule has 0 atom stereocenters. The monoisotopic (exact) mass is 297 g/mol. The Morgan fingerprint density at radius 3 is 1.80 bits per heavy atom. The summed E-state index contributed by atoms with van der Waals surface area (Å²) in [7, 11) is 0. The normalized spacial score (nSPS) is 10.4. The predicted octanol–water partition coefficient (Wildman–Crippen LogP) is -1.17. The minimum absolute atomic E-state index is 0.518. The first-order valence-corrected chi connectivity index (χ1v) is 9.05. The molecule has 0 heterocycles. The van der Waals surface area contributed by atoms with Crippen LogP contribution in [0, 0.1) is 0 Å². The fourth-order valence-electron chi connectivity index (χ4n) is 0. The predicted molar refractivity (Wildman–Crippen MR) is 29.2 cm³/mol. The van der Waals surface area contributed by atoms with Crippen molar-refractivity contribution >= 4 is 18.6 Å². The Morgan fingerprint density at radius 2 is 1.80 bits per heavy atom. The van der Waals surface area contributed by atoms with E-state index < -0.39 is 0 Å². The molecule has 0 amide bonds. The van der Waals surface area contributed by atoms with Crippen LogP contribution < -0.4 is 17.2 Å². The Kier molecular flexibility index (Phi) is 4.71. The van der Waals surface area contributed by atoms with Gasteiger partial charge in [0, 0.05) is 0 Å². The third kappa shape index (κ3) is 5.46. The number of rotatable bonds is 1. The second-order valence-corrected chi connectivity index (χ2v) is 7.22. The van der Waals surface area contributed by atoms with Gasteiger partial charge >= 0.3 is 53.6 Å². The standard InChI is InChI=1S/C3H7I2/c1-3(2)5-4/h3H,1-2H3/q-1. The maximum absolute atomic E-state index is 2.49. The second kappa shape index (κ2) is 3.64. The first-order chi connectivity index (χ1) is 2.27. The molecule has 0 rings (SSSR count). The van der Waals surface area contributed by atoms with E-state index >= 15 is 0 Å². The number of halogens is 2. The molecule has 34 valence electrons. The van der Waals surface area contributed by atoms with E-state index in [0.717, 1.165) is 3.92 Å². The van der Waals surface area contributed by atoms with E-state index in [2.05, 4.69) is 32.5 Å². The summed E-state index contributed by atoms with van der Waals surface area (Å²) < 4.78 is 0.981. The van der Waals surface area contributed by atoms with Crippen molar-refractivity contribution in [2.75, 3.05) is 0 Å². The molecule has 5 heavy (non-hydrogen) atoms. The molecule has 0 aliphatic rings. The van der Waals surface area contributed by atoms with Crippen molar-refractivity contribution in [2.45, 2.75) is 17.8 Å². The first-order valence-electron chi connectivity index (χ1n) is 1.52. The van der Waals surface area contributed by atoms with Gasteiger partial charge in [-0.25, -0.2) is 0 Å². The molecule has 2 heteroatoms. The van der Waals surface area contributed by atoms with Crippen LogP contribution in [0.25, 0.3) is 0 Å². The summed E-state index contributed by atoms with van der Waals surface area (Å²) in [5.74, 6) is 0. The van der Waals surface area contributed by atoms with Crippen LogP contribution in [-0.2, 0) is 0 Å². The minimum atomic E-state index is 0.518. The Morgan fingerprint density at radius 1 is 1.60 bits per heavy atom. The van der Waals surface area contributed by atoms with Gasteiger partial charge < -0.3 is 0 Å². The van der Waals surface area contributed by atoms with Crippen molar-refractivity contribution in [3.63, 3.8) is 0 Å². The van der Waals surface area contributed by atoms with E-state index in [-0.39, 0.29) is 0 Å². The number of hydrogen-bond acceptors (Lipinski definition) is 0. The molecule has 0 saturated heterocycles. The van der Waals surface area contributed by atoms with Gasteiger partial charge in [0.05, 0.1) is 0 Å². The summed E-state index contributed by atoms with van der Waals surface area (Å²) >= 11 is 3.01. The second-order valence-electron chi connectivity index (χ2n) is 1.10. The summed E-state index contributed by atoms with van der Waals surface area (Å²) in [6.07, 6.45) is 0. The van der Waals surface area contributed by atoms with Crippen LogP contribution in [0.4, 0.5) is 0 Å². The maximum atomic E-state index is 2.49. The topological polar surface area (TPSA) is 0 Å². The molecule has 0 radical (unpaired) electrons. The SMILES string of the molecule is CC(C)[I-]I. The van der Waals surface area contributed by atoms with Crippen molar-refractivity contribution in [3.05, 3.63) is 0 Å². The van der Waals surface area contributed by atoms with Crippen LogP contribution in [0.3, 0.4) is 0 Å². The van der Waals surface area contributed by atoms with Crippen LogP contribution in [0.1, 0.15) is 13.8 Å². The average Bonchev–Trinajstić information content (AvgIpc) is 1.38. The fourth-order valence-corrected chi connectivity index (χ4v) is 0. The third-order valence-electron chi connectivity index (χ3n) is 0.165. The molecule has 0 spiro atoms. The molecule has 0 aliphatic heterocycles. The Hall–Kier alpha value is 1.46. The molecule has 0 aromatic rings. The summed E-state index contributed by atoms with van der Waals surface area (Å²) in [6.45, 7) is 4.53. The quantitative estimate of drug-likeness (QED) is 0.423. The van der Waals surface area contributed by atoms with Gasteiger partial charge in [0.2, 0.25) is 0 Å². The molecule has 0 saturated carbocycles. The molecule has 0 aliphatic carbocycles. The van der Waals surface area contributed by atoms with E-state index in [4.69, 9.17) is 0 Å². The fraction of sp³-hybridized carbons (Fsp3) is 1.00. The van der Waals surface area contributed by atoms with Crippen LogP contribution >= 0.6 is 18.6 Å². The zero-order valence-electron chi connectivity index (χ0n) is 3.33. The Bertz CT molecular complexity index is 18.9.